The normalized spacial score (nSPS) is 20.2. The summed E-state index contributed by atoms with van der Waals surface area (Å²) in [6.45, 7) is 6.62. The van der Waals surface area contributed by atoms with E-state index in [9.17, 15) is 9.59 Å². The highest BCUT2D eigenvalue weighted by Gasteiger charge is 2.36. The van der Waals surface area contributed by atoms with Crippen LogP contribution >= 0.6 is 0 Å². The Morgan fingerprint density at radius 2 is 2.00 bits per heavy atom. The summed E-state index contributed by atoms with van der Waals surface area (Å²) in [5.74, 6) is -0.945. The smallest absolute Gasteiger partial charge is 0.296 e. The van der Waals surface area contributed by atoms with Gasteiger partial charge in [-0.1, -0.05) is 13.8 Å². The fourth-order valence-electron chi connectivity index (χ4n) is 3.31. The number of Topliss-reactive ketones (excluding diaryl/α,β-unsaturated/α-hetero) is 1. The van der Waals surface area contributed by atoms with Gasteiger partial charge in [-0.15, -0.1) is 0 Å². The Balaban J connectivity index is 1.86. The molecule has 1 aromatic rings. The van der Waals surface area contributed by atoms with Crippen LogP contribution in [0.5, 0.6) is 0 Å². The van der Waals surface area contributed by atoms with Crippen LogP contribution in [0, 0.1) is 5.41 Å². The molecule has 3 rings (SSSR count). The number of rotatable bonds is 3. The molecule has 4 heteroatoms. The molecular formula is C16H20N2O2. The summed E-state index contributed by atoms with van der Waals surface area (Å²) < 4.78 is 0. The number of hydrogen-bond donors (Lipinski definition) is 1. The van der Waals surface area contributed by atoms with Gasteiger partial charge in [0.15, 0.2) is 0 Å². The summed E-state index contributed by atoms with van der Waals surface area (Å²) in [4.78, 5) is 25.3. The lowest BCUT2D eigenvalue weighted by molar-refractivity contribution is -0.112. The topological polar surface area (TPSA) is 49.4 Å². The zero-order valence-electron chi connectivity index (χ0n) is 12.0. The first kappa shape index (κ1) is 13.2. The second-order valence-corrected chi connectivity index (χ2v) is 5.89. The average Bonchev–Trinajstić information content (AvgIpc) is 3.02. The van der Waals surface area contributed by atoms with Crippen LogP contribution < -0.4 is 10.2 Å². The van der Waals surface area contributed by atoms with Gasteiger partial charge < -0.3 is 10.2 Å². The maximum atomic E-state index is 11.6. The van der Waals surface area contributed by atoms with Crippen LogP contribution in [0.1, 0.15) is 43.5 Å². The molecule has 2 aliphatic rings. The average molecular weight is 272 g/mol. The van der Waals surface area contributed by atoms with Crippen molar-refractivity contribution in [3.63, 3.8) is 0 Å². The van der Waals surface area contributed by atoms with Crippen LogP contribution in [0.4, 0.5) is 11.4 Å². The Hall–Kier alpha value is -1.84. The number of hydrogen-bond acceptors (Lipinski definition) is 3. The Kier molecular flexibility index (Phi) is 3.04. The van der Waals surface area contributed by atoms with E-state index >= 15 is 0 Å². The van der Waals surface area contributed by atoms with Gasteiger partial charge in [-0.05, 0) is 42.9 Å². The van der Waals surface area contributed by atoms with E-state index in [1.807, 2.05) is 12.1 Å². The van der Waals surface area contributed by atoms with Crippen LogP contribution in [0.25, 0.3) is 0 Å². The molecule has 0 saturated carbocycles. The molecule has 1 N–H and O–H groups in total. The Morgan fingerprint density at radius 3 is 2.65 bits per heavy atom. The van der Waals surface area contributed by atoms with E-state index in [0.29, 0.717) is 16.7 Å². The number of carbonyl (C=O) groups is 2. The summed E-state index contributed by atoms with van der Waals surface area (Å²) in [6.07, 6.45) is 3.60. The molecular weight excluding hydrogens is 252 g/mol. The molecule has 0 bridgehead atoms. The van der Waals surface area contributed by atoms with Crippen molar-refractivity contribution in [3.8, 4) is 0 Å². The van der Waals surface area contributed by atoms with Gasteiger partial charge in [0.05, 0.1) is 11.3 Å². The van der Waals surface area contributed by atoms with E-state index in [1.165, 1.54) is 19.3 Å². The second kappa shape index (κ2) is 4.62. The van der Waals surface area contributed by atoms with E-state index in [-0.39, 0.29) is 0 Å². The van der Waals surface area contributed by atoms with Crippen LogP contribution in [0.3, 0.4) is 0 Å². The molecule has 106 valence electrons. The summed E-state index contributed by atoms with van der Waals surface area (Å²) in [5, 5.41) is 2.64. The van der Waals surface area contributed by atoms with Crippen LogP contribution in [0.2, 0.25) is 0 Å². The van der Waals surface area contributed by atoms with Crippen LogP contribution in [0.15, 0.2) is 18.2 Å². The third-order valence-electron chi connectivity index (χ3n) is 5.01. The van der Waals surface area contributed by atoms with Crippen molar-refractivity contribution in [2.45, 2.75) is 33.1 Å². The van der Waals surface area contributed by atoms with Crippen molar-refractivity contribution in [3.05, 3.63) is 23.8 Å². The van der Waals surface area contributed by atoms with Gasteiger partial charge in [-0.25, -0.2) is 0 Å². The van der Waals surface area contributed by atoms with E-state index < -0.39 is 11.7 Å². The van der Waals surface area contributed by atoms with Crippen molar-refractivity contribution in [1.82, 2.24) is 0 Å². The van der Waals surface area contributed by atoms with Crippen molar-refractivity contribution in [2.75, 3.05) is 23.3 Å². The first-order valence-corrected chi connectivity index (χ1v) is 7.33. The lowest BCUT2D eigenvalue weighted by Crippen LogP contribution is -2.26. The molecule has 20 heavy (non-hydrogen) atoms. The number of nitrogens with one attached hydrogen (secondary N) is 1. The van der Waals surface area contributed by atoms with E-state index in [0.717, 1.165) is 18.8 Å². The molecule has 0 atom stereocenters. The quantitative estimate of drug-likeness (QED) is 0.861. The maximum Gasteiger partial charge on any atom is 0.296 e. The number of fused-ring (bicyclic) bond motifs is 1. The number of benzene rings is 1. The number of carbonyl (C=O) groups excluding carboxylic acids is 2. The van der Waals surface area contributed by atoms with Gasteiger partial charge in [0.2, 0.25) is 0 Å². The predicted octanol–water partition coefficient (Wildman–Crippen LogP) is 2.84. The highest BCUT2D eigenvalue weighted by molar-refractivity contribution is 6.51. The molecule has 2 heterocycles. The SMILES string of the molecule is CCC1(CC)CCN(c2ccc3c(c2)NC(=O)C3=O)C1. The van der Waals surface area contributed by atoms with Gasteiger partial charge in [0.1, 0.15) is 0 Å². The number of amides is 1. The third kappa shape index (κ3) is 1.90. The molecule has 0 radical (unpaired) electrons. The van der Waals surface area contributed by atoms with Gasteiger partial charge in [0, 0.05) is 18.8 Å². The van der Waals surface area contributed by atoms with Gasteiger partial charge >= 0.3 is 0 Å². The monoisotopic (exact) mass is 272 g/mol. The van der Waals surface area contributed by atoms with Crippen molar-refractivity contribution >= 4 is 23.1 Å². The minimum atomic E-state index is -0.518. The lowest BCUT2D eigenvalue weighted by atomic mass is 9.82. The highest BCUT2D eigenvalue weighted by atomic mass is 16.2. The summed E-state index contributed by atoms with van der Waals surface area (Å²) >= 11 is 0. The van der Waals surface area contributed by atoms with E-state index in [1.54, 1.807) is 6.07 Å². The fourth-order valence-corrected chi connectivity index (χ4v) is 3.31. The zero-order chi connectivity index (χ0) is 14.3. The number of anilines is 2. The van der Waals surface area contributed by atoms with Gasteiger partial charge in [-0.3, -0.25) is 9.59 Å². The van der Waals surface area contributed by atoms with Crippen molar-refractivity contribution < 1.29 is 9.59 Å². The van der Waals surface area contributed by atoms with Crippen molar-refractivity contribution in [1.29, 1.82) is 0 Å². The standard InChI is InChI=1S/C16H20N2O2/c1-3-16(4-2)7-8-18(10-16)11-5-6-12-13(9-11)17-15(20)14(12)19/h5-6,9H,3-4,7-8,10H2,1-2H3,(H,17,19,20). The Morgan fingerprint density at radius 1 is 1.25 bits per heavy atom. The summed E-state index contributed by atoms with van der Waals surface area (Å²) in [6, 6.07) is 5.65. The van der Waals surface area contributed by atoms with Gasteiger partial charge in [0.25, 0.3) is 11.7 Å². The lowest BCUT2D eigenvalue weighted by Gasteiger charge is -2.27. The second-order valence-electron chi connectivity index (χ2n) is 5.89. The largest absolute Gasteiger partial charge is 0.371 e. The first-order valence-electron chi connectivity index (χ1n) is 7.33. The Labute approximate surface area is 119 Å². The molecule has 0 spiro atoms. The molecule has 2 aliphatic heterocycles. The van der Waals surface area contributed by atoms with E-state index in [4.69, 9.17) is 0 Å². The highest BCUT2D eigenvalue weighted by Crippen LogP contribution is 2.40. The zero-order valence-corrected chi connectivity index (χ0v) is 12.0. The number of ketones is 1. The molecule has 0 aliphatic carbocycles. The predicted molar refractivity (Wildman–Crippen MR) is 79.2 cm³/mol. The van der Waals surface area contributed by atoms with Crippen LogP contribution in [-0.4, -0.2) is 24.8 Å². The molecule has 1 amide bonds. The van der Waals surface area contributed by atoms with Crippen LogP contribution in [-0.2, 0) is 4.79 Å². The molecule has 1 aromatic carbocycles. The fraction of sp³-hybridized carbons (Fsp3) is 0.500. The minimum Gasteiger partial charge on any atom is -0.371 e. The molecule has 4 nitrogen and oxygen atoms in total. The number of nitrogens with zero attached hydrogens (tertiary/aromatic N) is 1. The summed E-state index contributed by atoms with van der Waals surface area (Å²) in [7, 11) is 0. The van der Waals surface area contributed by atoms with E-state index in [2.05, 4.69) is 24.1 Å². The Bertz CT molecular complexity index is 576. The molecule has 0 unspecified atom stereocenters. The van der Waals surface area contributed by atoms with Crippen molar-refractivity contribution in [2.24, 2.45) is 5.41 Å². The molecule has 1 saturated heterocycles. The molecule has 0 aromatic heterocycles. The van der Waals surface area contributed by atoms with Gasteiger partial charge in [-0.2, -0.15) is 0 Å². The maximum absolute atomic E-state index is 11.6. The minimum absolute atomic E-state index is 0.415. The first-order chi connectivity index (χ1) is 9.58. The summed E-state index contributed by atoms with van der Waals surface area (Å²) in [5.41, 5.74) is 2.67. The molecule has 1 fully saturated rings. The third-order valence-corrected chi connectivity index (χ3v) is 5.01.